The third kappa shape index (κ3) is 4.44. The van der Waals surface area contributed by atoms with Crippen molar-refractivity contribution < 1.29 is 23.1 Å². The van der Waals surface area contributed by atoms with Crippen LogP contribution in [0.5, 0.6) is 11.5 Å². The Balaban J connectivity index is 2.04. The lowest BCUT2D eigenvalue weighted by molar-refractivity contribution is 0.119. The Morgan fingerprint density at radius 3 is 2.04 bits per heavy atom. The van der Waals surface area contributed by atoms with E-state index in [2.05, 4.69) is 5.09 Å². The third-order valence-corrected chi connectivity index (χ3v) is 5.23. The molecule has 1 aliphatic rings. The van der Waals surface area contributed by atoms with E-state index in [1.807, 2.05) is 0 Å². The van der Waals surface area contributed by atoms with Gasteiger partial charge in [0, 0.05) is 27.6 Å². The van der Waals surface area contributed by atoms with Gasteiger partial charge in [0.1, 0.15) is 11.5 Å². The van der Waals surface area contributed by atoms with Gasteiger partial charge in [0.15, 0.2) is 0 Å². The number of amides is 1. The monoisotopic (exact) mass is 415 g/mol. The molecule has 2 aromatic carbocycles. The maximum Gasteiger partial charge on any atom is 0.546 e. The molecule has 0 fully saturated rings. The van der Waals surface area contributed by atoms with Crippen LogP contribution < -0.4 is 14.1 Å². The van der Waals surface area contributed by atoms with E-state index in [1.165, 1.54) is 0 Å². The van der Waals surface area contributed by atoms with Crippen LogP contribution in [0.3, 0.4) is 0 Å². The molecular formula is C17H16Cl2NO5P. The second-order valence-electron chi connectivity index (χ2n) is 5.93. The Kier molecular flexibility index (Phi) is 5.37. The molecule has 26 heavy (non-hydrogen) atoms. The van der Waals surface area contributed by atoms with Gasteiger partial charge in [-0.05, 0) is 50.2 Å². The molecule has 0 atom stereocenters. The summed E-state index contributed by atoms with van der Waals surface area (Å²) in [6.45, 7) is 3.34. The maximum atomic E-state index is 13.2. The number of hydrogen-bond donors (Lipinski definition) is 1. The summed E-state index contributed by atoms with van der Waals surface area (Å²) >= 11 is 12.1. The normalized spacial score (nSPS) is 14.8. The first-order valence-electron chi connectivity index (χ1n) is 7.79. The van der Waals surface area contributed by atoms with Crippen molar-refractivity contribution in [3.8, 4) is 11.5 Å². The standard InChI is InChI=1S/C17H16Cl2NO5P/c1-10(2)23-17(21)20-26(22)24-15-5-3-13(18)8-11(15)7-12-9-14(19)4-6-16(12)25-26/h3-6,8-10H,7H2,1-2H3,(H,20,21,22). The van der Waals surface area contributed by atoms with Crippen LogP contribution in [0.15, 0.2) is 36.4 Å². The fraction of sp³-hybridized carbons (Fsp3) is 0.235. The van der Waals surface area contributed by atoms with Crippen LogP contribution in [-0.4, -0.2) is 12.2 Å². The van der Waals surface area contributed by atoms with E-state index >= 15 is 0 Å². The number of carbonyl (C=O) groups is 1. The van der Waals surface area contributed by atoms with Gasteiger partial charge in [-0.2, -0.15) is 0 Å². The summed E-state index contributed by atoms with van der Waals surface area (Å²) in [6, 6.07) is 9.72. The zero-order chi connectivity index (χ0) is 18.9. The first-order valence-corrected chi connectivity index (χ1v) is 10.1. The summed E-state index contributed by atoms with van der Waals surface area (Å²) < 4.78 is 29.2. The lowest BCUT2D eigenvalue weighted by Gasteiger charge is -2.25. The van der Waals surface area contributed by atoms with Crippen molar-refractivity contribution in [3.05, 3.63) is 57.6 Å². The minimum absolute atomic E-state index is 0.285. The van der Waals surface area contributed by atoms with Crippen molar-refractivity contribution in [2.24, 2.45) is 0 Å². The third-order valence-electron chi connectivity index (χ3n) is 3.43. The molecule has 0 saturated heterocycles. The molecule has 1 aliphatic heterocycles. The molecule has 0 radical (unpaired) electrons. The molecule has 0 bridgehead atoms. The van der Waals surface area contributed by atoms with Gasteiger partial charge in [0.2, 0.25) is 0 Å². The van der Waals surface area contributed by atoms with Gasteiger partial charge in [0.25, 0.3) is 0 Å². The number of carbonyl (C=O) groups excluding carboxylic acids is 1. The van der Waals surface area contributed by atoms with Crippen LogP contribution in [0, 0.1) is 0 Å². The summed E-state index contributed by atoms with van der Waals surface area (Å²) in [7, 11) is -4.10. The molecule has 0 unspecified atom stereocenters. The molecule has 0 spiro atoms. The van der Waals surface area contributed by atoms with E-state index in [9.17, 15) is 9.36 Å². The van der Waals surface area contributed by atoms with Gasteiger partial charge in [-0.3, -0.25) is 0 Å². The summed E-state index contributed by atoms with van der Waals surface area (Å²) in [5, 5.41) is 3.19. The number of nitrogens with one attached hydrogen (secondary N) is 1. The van der Waals surface area contributed by atoms with Crippen molar-refractivity contribution in [2.45, 2.75) is 26.4 Å². The highest BCUT2D eigenvalue weighted by Gasteiger charge is 2.35. The van der Waals surface area contributed by atoms with Crippen LogP contribution in [0.4, 0.5) is 4.79 Å². The highest BCUT2D eigenvalue weighted by molar-refractivity contribution is 7.53. The summed E-state index contributed by atoms with van der Waals surface area (Å²) in [5.74, 6) is 0.571. The quantitative estimate of drug-likeness (QED) is 0.646. The molecule has 1 amide bonds. The molecule has 0 aromatic heterocycles. The van der Waals surface area contributed by atoms with E-state index in [0.29, 0.717) is 27.6 Å². The van der Waals surface area contributed by atoms with Crippen molar-refractivity contribution in [1.29, 1.82) is 0 Å². The van der Waals surface area contributed by atoms with Crippen LogP contribution >= 0.6 is 30.9 Å². The average molecular weight is 416 g/mol. The molecule has 0 saturated carbocycles. The lowest BCUT2D eigenvalue weighted by Crippen LogP contribution is -2.29. The topological polar surface area (TPSA) is 73.9 Å². The van der Waals surface area contributed by atoms with Gasteiger partial charge in [-0.25, -0.2) is 14.4 Å². The fourth-order valence-corrected chi connectivity index (χ4v) is 4.10. The molecule has 138 valence electrons. The second kappa shape index (κ2) is 7.39. The molecule has 3 rings (SSSR count). The Hall–Kier alpha value is -1.88. The van der Waals surface area contributed by atoms with Crippen molar-refractivity contribution in [2.75, 3.05) is 0 Å². The zero-order valence-electron chi connectivity index (χ0n) is 14.0. The number of fused-ring (bicyclic) bond motifs is 2. The highest BCUT2D eigenvalue weighted by Crippen LogP contribution is 2.49. The largest absolute Gasteiger partial charge is 0.546 e. The van der Waals surface area contributed by atoms with Gasteiger partial charge in [0.05, 0.1) is 6.10 Å². The summed E-state index contributed by atoms with van der Waals surface area (Å²) in [5.41, 5.74) is 1.37. The molecule has 6 nitrogen and oxygen atoms in total. The molecule has 9 heteroatoms. The summed E-state index contributed by atoms with van der Waals surface area (Å²) in [4.78, 5) is 11.9. The highest BCUT2D eigenvalue weighted by atomic mass is 35.5. The first kappa shape index (κ1) is 18.9. The van der Waals surface area contributed by atoms with Crippen molar-refractivity contribution in [3.63, 3.8) is 0 Å². The van der Waals surface area contributed by atoms with Crippen LogP contribution in [0.2, 0.25) is 10.0 Å². The average Bonchev–Trinajstić information content (AvgIpc) is 2.50. The Labute approximate surface area is 160 Å². The number of halogens is 2. The minimum Gasteiger partial charge on any atom is -0.446 e. The predicted octanol–water partition coefficient (Wildman–Crippen LogP) is 5.60. The maximum absolute atomic E-state index is 13.2. The van der Waals surface area contributed by atoms with Gasteiger partial charge in [-0.15, -0.1) is 0 Å². The van der Waals surface area contributed by atoms with E-state index in [0.717, 1.165) is 0 Å². The lowest BCUT2D eigenvalue weighted by atomic mass is 10.0. The first-order chi connectivity index (χ1) is 12.2. The Morgan fingerprint density at radius 2 is 1.58 bits per heavy atom. The van der Waals surface area contributed by atoms with E-state index in [4.69, 9.17) is 37.0 Å². The minimum atomic E-state index is -4.10. The number of hydrogen-bond acceptors (Lipinski definition) is 5. The molecule has 1 heterocycles. The smallest absolute Gasteiger partial charge is 0.446 e. The predicted molar refractivity (Wildman–Crippen MR) is 99.3 cm³/mol. The van der Waals surface area contributed by atoms with Gasteiger partial charge >= 0.3 is 13.8 Å². The zero-order valence-corrected chi connectivity index (χ0v) is 16.4. The second-order valence-corrected chi connectivity index (χ2v) is 8.38. The molecular weight excluding hydrogens is 400 g/mol. The fourth-order valence-electron chi connectivity index (χ4n) is 2.43. The van der Waals surface area contributed by atoms with E-state index in [-0.39, 0.29) is 11.5 Å². The number of ether oxygens (including phenoxy) is 1. The summed E-state index contributed by atoms with van der Waals surface area (Å²) in [6.07, 6.45) is -0.897. The Morgan fingerprint density at radius 1 is 1.08 bits per heavy atom. The molecule has 1 N–H and O–H groups in total. The van der Waals surface area contributed by atoms with E-state index in [1.54, 1.807) is 50.2 Å². The van der Waals surface area contributed by atoms with E-state index < -0.39 is 19.9 Å². The van der Waals surface area contributed by atoms with Crippen molar-refractivity contribution >= 4 is 37.0 Å². The van der Waals surface area contributed by atoms with Crippen LogP contribution in [0.25, 0.3) is 0 Å². The van der Waals surface area contributed by atoms with Crippen LogP contribution in [-0.2, 0) is 15.7 Å². The Bertz CT molecular complexity index is 845. The van der Waals surface area contributed by atoms with Crippen LogP contribution in [0.1, 0.15) is 25.0 Å². The SMILES string of the molecule is CC(C)OC(=O)NP1(=O)Oc2ccc(Cl)cc2Cc2cc(Cl)ccc2O1. The number of rotatable bonds is 2. The molecule has 2 aromatic rings. The van der Waals surface area contributed by atoms with Crippen molar-refractivity contribution in [1.82, 2.24) is 5.09 Å². The van der Waals surface area contributed by atoms with Gasteiger partial charge in [-0.1, -0.05) is 23.2 Å². The molecule has 0 aliphatic carbocycles. The number of benzene rings is 2. The van der Waals surface area contributed by atoms with Gasteiger partial charge < -0.3 is 13.8 Å².